The lowest BCUT2D eigenvalue weighted by Gasteiger charge is -2.24. The zero-order valence-corrected chi connectivity index (χ0v) is 15.7. The molecule has 0 aromatic carbocycles. The number of likely N-dealkylation sites (N-methyl/N-ethyl adjacent to an activating group) is 1. The van der Waals surface area contributed by atoms with Crippen LogP contribution in [0.3, 0.4) is 0 Å². The maximum absolute atomic E-state index is 11.9. The Labute approximate surface area is 154 Å². The van der Waals surface area contributed by atoms with Crippen molar-refractivity contribution < 1.29 is 14.3 Å². The molecule has 1 aliphatic rings. The highest BCUT2D eigenvalue weighted by Crippen LogP contribution is 2.18. The number of esters is 1. The van der Waals surface area contributed by atoms with Gasteiger partial charge in [-0.05, 0) is 33.0 Å². The molecule has 2 heterocycles. The number of aromatic nitrogens is 1. The van der Waals surface area contributed by atoms with Crippen LogP contribution in [-0.2, 0) is 16.1 Å². The van der Waals surface area contributed by atoms with Crippen molar-refractivity contribution in [2.24, 2.45) is 0 Å². The van der Waals surface area contributed by atoms with Crippen molar-refractivity contribution in [1.82, 2.24) is 20.5 Å². The number of hydrogen-bond donors (Lipinski definition) is 2. The second kappa shape index (κ2) is 10.6. The van der Waals surface area contributed by atoms with Gasteiger partial charge in [0.2, 0.25) is 0 Å². The average molecular weight is 363 g/mol. The lowest BCUT2D eigenvalue weighted by Crippen LogP contribution is -2.37. The summed E-state index contributed by atoms with van der Waals surface area (Å²) in [5.74, 6) is 0.614. The Balaban J connectivity index is 1.84. The van der Waals surface area contributed by atoms with Gasteiger partial charge in [0.05, 0.1) is 13.0 Å². The minimum absolute atomic E-state index is 0.167. The standard InChI is InChI=1S/C18H29N5O3/c1-3-26-16(24)7-9-20-18(25)21-14-15-6-4-8-19-17(15)23-11-5-10-22(2)12-13-23/h4,6,8H,3,5,7,9-14H2,1-2H3,(H2,20,21,25). The van der Waals surface area contributed by atoms with E-state index in [2.05, 4.69) is 32.5 Å². The summed E-state index contributed by atoms with van der Waals surface area (Å²) < 4.78 is 4.83. The number of hydrogen-bond acceptors (Lipinski definition) is 6. The molecule has 1 aliphatic heterocycles. The van der Waals surface area contributed by atoms with Crippen LogP contribution in [0.4, 0.5) is 10.6 Å². The third-order valence-corrected chi connectivity index (χ3v) is 4.25. The van der Waals surface area contributed by atoms with Crippen LogP contribution in [0.5, 0.6) is 0 Å². The molecule has 2 rings (SSSR count). The number of pyridine rings is 1. The van der Waals surface area contributed by atoms with Crippen LogP contribution in [0.1, 0.15) is 25.3 Å². The zero-order valence-electron chi connectivity index (χ0n) is 15.7. The quantitative estimate of drug-likeness (QED) is 0.702. The van der Waals surface area contributed by atoms with Crippen molar-refractivity contribution in [1.29, 1.82) is 0 Å². The fraction of sp³-hybridized carbons (Fsp3) is 0.611. The number of anilines is 1. The molecule has 0 saturated carbocycles. The van der Waals surface area contributed by atoms with Crippen LogP contribution in [0.15, 0.2) is 18.3 Å². The summed E-state index contributed by atoms with van der Waals surface area (Å²) in [6.07, 6.45) is 3.04. The van der Waals surface area contributed by atoms with Gasteiger partial charge < -0.3 is 25.2 Å². The summed E-state index contributed by atoms with van der Waals surface area (Å²) in [6, 6.07) is 3.55. The van der Waals surface area contributed by atoms with E-state index >= 15 is 0 Å². The zero-order chi connectivity index (χ0) is 18.8. The van der Waals surface area contributed by atoms with E-state index in [0.29, 0.717) is 13.2 Å². The molecule has 0 atom stereocenters. The van der Waals surface area contributed by atoms with E-state index in [9.17, 15) is 9.59 Å². The maximum Gasteiger partial charge on any atom is 0.315 e. The van der Waals surface area contributed by atoms with Gasteiger partial charge >= 0.3 is 12.0 Å². The van der Waals surface area contributed by atoms with Crippen molar-refractivity contribution in [3.8, 4) is 0 Å². The maximum atomic E-state index is 11.9. The Hall–Kier alpha value is -2.35. The number of carbonyl (C=O) groups excluding carboxylic acids is 2. The molecular formula is C18H29N5O3. The van der Waals surface area contributed by atoms with Gasteiger partial charge in [-0.3, -0.25) is 4.79 Å². The average Bonchev–Trinajstić information content (AvgIpc) is 2.85. The van der Waals surface area contributed by atoms with Crippen LogP contribution in [0, 0.1) is 0 Å². The van der Waals surface area contributed by atoms with E-state index in [1.165, 1.54) is 0 Å². The molecule has 8 heteroatoms. The highest BCUT2D eigenvalue weighted by Gasteiger charge is 2.16. The fourth-order valence-electron chi connectivity index (χ4n) is 2.86. The van der Waals surface area contributed by atoms with Crippen LogP contribution < -0.4 is 15.5 Å². The van der Waals surface area contributed by atoms with Crippen LogP contribution in [0.2, 0.25) is 0 Å². The van der Waals surface area contributed by atoms with Crippen LogP contribution in [-0.4, -0.2) is 68.3 Å². The third-order valence-electron chi connectivity index (χ3n) is 4.25. The van der Waals surface area contributed by atoms with Gasteiger partial charge in [-0.1, -0.05) is 6.07 Å². The second-order valence-electron chi connectivity index (χ2n) is 6.29. The highest BCUT2D eigenvalue weighted by molar-refractivity contribution is 5.75. The van der Waals surface area contributed by atoms with E-state index in [1.54, 1.807) is 13.1 Å². The predicted molar refractivity (Wildman–Crippen MR) is 100 cm³/mol. The van der Waals surface area contributed by atoms with E-state index in [4.69, 9.17) is 4.74 Å². The lowest BCUT2D eigenvalue weighted by molar-refractivity contribution is -0.142. The van der Waals surface area contributed by atoms with Crippen LogP contribution >= 0.6 is 0 Å². The molecule has 1 saturated heterocycles. The topological polar surface area (TPSA) is 86.8 Å². The van der Waals surface area contributed by atoms with E-state index in [-0.39, 0.29) is 25.0 Å². The van der Waals surface area contributed by atoms with E-state index < -0.39 is 0 Å². The minimum Gasteiger partial charge on any atom is -0.466 e. The van der Waals surface area contributed by atoms with Crippen molar-refractivity contribution in [3.05, 3.63) is 23.9 Å². The van der Waals surface area contributed by atoms with Gasteiger partial charge in [0, 0.05) is 44.5 Å². The largest absolute Gasteiger partial charge is 0.466 e. The Morgan fingerprint density at radius 3 is 2.88 bits per heavy atom. The third kappa shape index (κ3) is 6.51. The molecule has 2 N–H and O–H groups in total. The van der Waals surface area contributed by atoms with Crippen molar-refractivity contribution in [2.45, 2.75) is 26.3 Å². The van der Waals surface area contributed by atoms with Gasteiger partial charge in [0.1, 0.15) is 5.82 Å². The molecule has 0 radical (unpaired) electrons. The molecule has 0 unspecified atom stereocenters. The predicted octanol–water partition coefficient (Wildman–Crippen LogP) is 0.976. The first-order chi connectivity index (χ1) is 12.6. The molecule has 0 bridgehead atoms. The summed E-state index contributed by atoms with van der Waals surface area (Å²) in [7, 11) is 2.13. The van der Waals surface area contributed by atoms with Crippen LogP contribution in [0.25, 0.3) is 0 Å². The number of carbonyl (C=O) groups is 2. The number of nitrogens with zero attached hydrogens (tertiary/aromatic N) is 3. The molecule has 0 aliphatic carbocycles. The number of ether oxygens (including phenoxy) is 1. The van der Waals surface area contributed by atoms with Gasteiger partial charge in [-0.15, -0.1) is 0 Å². The molecule has 8 nitrogen and oxygen atoms in total. The van der Waals surface area contributed by atoms with Gasteiger partial charge in [-0.25, -0.2) is 9.78 Å². The first kappa shape index (κ1) is 20.0. The highest BCUT2D eigenvalue weighted by atomic mass is 16.5. The van der Waals surface area contributed by atoms with Crippen molar-refractivity contribution in [2.75, 3.05) is 51.3 Å². The second-order valence-corrected chi connectivity index (χ2v) is 6.29. The van der Waals surface area contributed by atoms with Gasteiger partial charge in [0.25, 0.3) is 0 Å². The molecular weight excluding hydrogens is 334 g/mol. The first-order valence-electron chi connectivity index (χ1n) is 9.15. The summed E-state index contributed by atoms with van der Waals surface area (Å²) >= 11 is 0. The Morgan fingerprint density at radius 1 is 1.23 bits per heavy atom. The first-order valence-corrected chi connectivity index (χ1v) is 9.15. The molecule has 26 heavy (non-hydrogen) atoms. The number of rotatable bonds is 7. The summed E-state index contributed by atoms with van der Waals surface area (Å²) in [4.78, 5) is 32.3. The molecule has 1 aromatic rings. The van der Waals surface area contributed by atoms with Crippen molar-refractivity contribution in [3.63, 3.8) is 0 Å². The van der Waals surface area contributed by atoms with Gasteiger partial charge in [-0.2, -0.15) is 0 Å². The monoisotopic (exact) mass is 363 g/mol. The van der Waals surface area contributed by atoms with Gasteiger partial charge in [0.15, 0.2) is 0 Å². The molecule has 1 fully saturated rings. The Morgan fingerprint density at radius 2 is 2.08 bits per heavy atom. The summed E-state index contributed by atoms with van der Waals surface area (Å²) in [6.45, 7) is 6.71. The Kier molecular flexibility index (Phi) is 8.14. The summed E-state index contributed by atoms with van der Waals surface area (Å²) in [5, 5.41) is 5.49. The molecule has 1 aromatic heterocycles. The minimum atomic E-state index is -0.312. The molecule has 2 amide bonds. The fourth-order valence-corrected chi connectivity index (χ4v) is 2.86. The normalized spacial score (nSPS) is 15.2. The lowest BCUT2D eigenvalue weighted by atomic mass is 10.2. The van der Waals surface area contributed by atoms with E-state index in [1.807, 2.05) is 12.1 Å². The smallest absolute Gasteiger partial charge is 0.315 e. The number of urea groups is 1. The number of amides is 2. The SMILES string of the molecule is CCOC(=O)CCNC(=O)NCc1cccnc1N1CCCN(C)CC1. The van der Waals surface area contributed by atoms with Crippen molar-refractivity contribution >= 4 is 17.8 Å². The number of nitrogens with one attached hydrogen (secondary N) is 2. The van der Waals surface area contributed by atoms with E-state index in [0.717, 1.165) is 44.0 Å². The Bertz CT molecular complexity index is 596. The molecule has 144 valence electrons. The molecule has 0 spiro atoms. The summed E-state index contributed by atoms with van der Waals surface area (Å²) in [5.41, 5.74) is 0.984.